The van der Waals surface area contributed by atoms with E-state index in [-0.39, 0.29) is 0 Å². The quantitative estimate of drug-likeness (QED) is 0.943. The molecule has 1 atom stereocenters. The molecule has 21 heavy (non-hydrogen) atoms. The normalized spacial score (nSPS) is 19.0. The van der Waals surface area contributed by atoms with Crippen molar-refractivity contribution in [2.45, 2.75) is 39.3 Å². The predicted molar refractivity (Wildman–Crippen MR) is 87.9 cm³/mol. The maximum atomic E-state index is 4.31. The van der Waals surface area contributed by atoms with Crippen LogP contribution in [0.3, 0.4) is 0 Å². The van der Waals surface area contributed by atoms with Crippen LogP contribution in [0.15, 0.2) is 24.3 Å². The average Bonchev–Trinajstić information content (AvgIpc) is 2.92. The molecule has 2 aromatic heterocycles. The van der Waals surface area contributed by atoms with Gasteiger partial charge in [0.1, 0.15) is 0 Å². The zero-order chi connectivity index (χ0) is 14.7. The number of hydrogen-bond donors (Lipinski definition) is 1. The van der Waals surface area contributed by atoms with Crippen molar-refractivity contribution in [1.29, 1.82) is 0 Å². The van der Waals surface area contributed by atoms with E-state index in [0.29, 0.717) is 6.04 Å². The second kappa shape index (κ2) is 6.54. The molecule has 0 unspecified atom stereocenters. The van der Waals surface area contributed by atoms with Gasteiger partial charge in [0.05, 0.1) is 5.69 Å². The van der Waals surface area contributed by atoms with Gasteiger partial charge in [0.2, 0.25) is 0 Å². The third kappa shape index (κ3) is 3.80. The molecule has 1 N–H and O–H groups in total. The van der Waals surface area contributed by atoms with Gasteiger partial charge < -0.3 is 10.2 Å². The van der Waals surface area contributed by atoms with Crippen LogP contribution in [-0.2, 0) is 6.54 Å². The monoisotopic (exact) mass is 302 g/mol. The first-order valence-corrected chi connectivity index (χ1v) is 8.36. The number of rotatable bonds is 4. The molecule has 2 aromatic rings. The standard InChI is InChI=1S/C16H22N4S/c1-12-5-8-16(19-18-12)20-9-3-4-14(11-20)17-10-15-7-6-13(2)21-15/h5-8,14,17H,3-4,9-11H2,1-2H3/t14-/m1/s1. The van der Waals surface area contributed by atoms with E-state index in [1.807, 2.05) is 24.3 Å². The van der Waals surface area contributed by atoms with Gasteiger partial charge in [-0.25, -0.2) is 0 Å². The minimum absolute atomic E-state index is 0.532. The Bertz CT molecular complexity index is 578. The molecule has 0 bridgehead atoms. The number of nitrogens with zero attached hydrogens (tertiary/aromatic N) is 3. The summed E-state index contributed by atoms with van der Waals surface area (Å²) in [5.74, 6) is 0.999. The minimum Gasteiger partial charge on any atom is -0.354 e. The number of hydrogen-bond acceptors (Lipinski definition) is 5. The third-order valence-electron chi connectivity index (χ3n) is 3.89. The lowest BCUT2D eigenvalue weighted by Crippen LogP contribution is -2.45. The largest absolute Gasteiger partial charge is 0.354 e. The zero-order valence-corrected chi connectivity index (χ0v) is 13.5. The highest BCUT2D eigenvalue weighted by molar-refractivity contribution is 7.11. The van der Waals surface area contributed by atoms with E-state index in [9.17, 15) is 0 Å². The molecule has 3 rings (SSSR count). The van der Waals surface area contributed by atoms with Gasteiger partial charge >= 0.3 is 0 Å². The highest BCUT2D eigenvalue weighted by atomic mass is 32.1. The lowest BCUT2D eigenvalue weighted by Gasteiger charge is -2.33. The summed E-state index contributed by atoms with van der Waals surface area (Å²) >= 11 is 1.88. The maximum Gasteiger partial charge on any atom is 0.151 e. The molecular formula is C16H22N4S. The minimum atomic E-state index is 0.532. The molecule has 0 amide bonds. The van der Waals surface area contributed by atoms with E-state index in [2.05, 4.69) is 45.5 Å². The predicted octanol–water partition coefficient (Wildman–Crippen LogP) is 2.91. The van der Waals surface area contributed by atoms with Gasteiger partial charge in [0, 0.05) is 35.4 Å². The summed E-state index contributed by atoms with van der Waals surface area (Å²) in [5.41, 5.74) is 0.971. The molecule has 0 radical (unpaired) electrons. The van der Waals surface area contributed by atoms with E-state index in [1.165, 1.54) is 22.6 Å². The van der Waals surface area contributed by atoms with Gasteiger partial charge in [0.25, 0.3) is 0 Å². The molecule has 112 valence electrons. The fourth-order valence-corrected chi connectivity index (χ4v) is 3.58. The molecule has 1 aliphatic rings. The summed E-state index contributed by atoms with van der Waals surface area (Å²) in [7, 11) is 0. The fraction of sp³-hybridized carbons (Fsp3) is 0.500. The highest BCUT2D eigenvalue weighted by Gasteiger charge is 2.20. The van der Waals surface area contributed by atoms with Gasteiger partial charge in [-0.2, -0.15) is 5.10 Å². The Morgan fingerprint density at radius 1 is 1.24 bits per heavy atom. The van der Waals surface area contributed by atoms with E-state index in [4.69, 9.17) is 0 Å². The molecule has 3 heterocycles. The number of aromatic nitrogens is 2. The molecule has 5 heteroatoms. The number of aryl methyl sites for hydroxylation is 2. The SMILES string of the molecule is Cc1ccc(N2CCC[C@@H](NCc3ccc(C)s3)C2)nn1. The van der Waals surface area contributed by atoms with Crippen molar-refractivity contribution in [3.05, 3.63) is 39.7 Å². The molecule has 1 fully saturated rings. The van der Waals surface area contributed by atoms with Gasteiger partial charge in [0.15, 0.2) is 5.82 Å². The highest BCUT2D eigenvalue weighted by Crippen LogP contribution is 2.19. The van der Waals surface area contributed by atoms with Crippen LogP contribution in [0, 0.1) is 13.8 Å². The van der Waals surface area contributed by atoms with Gasteiger partial charge in [-0.05, 0) is 51.0 Å². The molecule has 1 saturated heterocycles. The van der Waals surface area contributed by atoms with Gasteiger partial charge in [-0.1, -0.05) is 0 Å². The van der Waals surface area contributed by atoms with E-state index in [1.54, 1.807) is 0 Å². The lowest BCUT2D eigenvalue weighted by atomic mass is 10.1. The second-order valence-corrected chi connectivity index (χ2v) is 7.08. The third-order valence-corrected chi connectivity index (χ3v) is 4.89. The van der Waals surface area contributed by atoms with Gasteiger partial charge in [-0.3, -0.25) is 0 Å². The van der Waals surface area contributed by atoms with Crippen LogP contribution in [0.2, 0.25) is 0 Å². The number of thiophene rings is 1. The van der Waals surface area contributed by atoms with E-state index < -0.39 is 0 Å². The van der Waals surface area contributed by atoms with Crippen LogP contribution in [0.25, 0.3) is 0 Å². The van der Waals surface area contributed by atoms with Crippen LogP contribution >= 0.6 is 11.3 Å². The zero-order valence-electron chi connectivity index (χ0n) is 12.7. The first-order valence-electron chi connectivity index (χ1n) is 7.55. The van der Waals surface area contributed by atoms with E-state index in [0.717, 1.165) is 31.1 Å². The van der Waals surface area contributed by atoms with Crippen LogP contribution < -0.4 is 10.2 Å². The fourth-order valence-electron chi connectivity index (χ4n) is 2.74. The summed E-state index contributed by atoms with van der Waals surface area (Å²) in [4.78, 5) is 5.14. The van der Waals surface area contributed by atoms with Crippen LogP contribution in [0.1, 0.15) is 28.3 Å². The van der Waals surface area contributed by atoms with Crippen LogP contribution in [0.5, 0.6) is 0 Å². The molecule has 4 nitrogen and oxygen atoms in total. The Labute approximate surface area is 130 Å². The van der Waals surface area contributed by atoms with Crippen molar-refractivity contribution in [1.82, 2.24) is 15.5 Å². The Hall–Kier alpha value is -1.46. The van der Waals surface area contributed by atoms with Crippen molar-refractivity contribution in [2.24, 2.45) is 0 Å². The average molecular weight is 302 g/mol. The lowest BCUT2D eigenvalue weighted by molar-refractivity contribution is 0.420. The maximum absolute atomic E-state index is 4.31. The summed E-state index contributed by atoms with van der Waals surface area (Å²) < 4.78 is 0. The number of anilines is 1. The van der Waals surface area contributed by atoms with Crippen molar-refractivity contribution in [3.63, 3.8) is 0 Å². The Kier molecular flexibility index (Phi) is 4.51. The van der Waals surface area contributed by atoms with Crippen molar-refractivity contribution >= 4 is 17.2 Å². The summed E-state index contributed by atoms with van der Waals surface area (Å²) in [6.07, 6.45) is 2.44. The smallest absolute Gasteiger partial charge is 0.151 e. The van der Waals surface area contributed by atoms with Crippen molar-refractivity contribution in [2.75, 3.05) is 18.0 Å². The van der Waals surface area contributed by atoms with Crippen molar-refractivity contribution < 1.29 is 0 Å². The molecule has 0 aliphatic carbocycles. The molecule has 1 aliphatic heterocycles. The van der Waals surface area contributed by atoms with Crippen LogP contribution in [-0.4, -0.2) is 29.3 Å². The molecule has 0 aromatic carbocycles. The van der Waals surface area contributed by atoms with Crippen molar-refractivity contribution in [3.8, 4) is 0 Å². The molecule has 0 saturated carbocycles. The van der Waals surface area contributed by atoms with Gasteiger partial charge in [-0.15, -0.1) is 16.4 Å². The topological polar surface area (TPSA) is 41.0 Å². The first kappa shape index (κ1) is 14.5. The Morgan fingerprint density at radius 2 is 2.14 bits per heavy atom. The first-order chi connectivity index (χ1) is 10.2. The Morgan fingerprint density at radius 3 is 2.86 bits per heavy atom. The summed E-state index contributed by atoms with van der Waals surface area (Å²) in [6, 6.07) is 9.06. The summed E-state index contributed by atoms with van der Waals surface area (Å²) in [5, 5.41) is 12.2. The Balaban J connectivity index is 1.56. The second-order valence-electron chi connectivity index (χ2n) is 5.71. The van der Waals surface area contributed by atoms with Crippen LogP contribution in [0.4, 0.5) is 5.82 Å². The molecular weight excluding hydrogens is 280 g/mol. The number of piperidine rings is 1. The molecule has 0 spiro atoms. The van der Waals surface area contributed by atoms with E-state index >= 15 is 0 Å². The summed E-state index contributed by atoms with van der Waals surface area (Å²) in [6.45, 7) is 7.19. The number of nitrogens with one attached hydrogen (secondary N) is 1.